The molecule has 2 aliphatic rings. The van der Waals surface area contributed by atoms with Gasteiger partial charge in [-0.3, -0.25) is 0 Å². The van der Waals surface area contributed by atoms with Crippen LogP contribution in [0.1, 0.15) is 36.5 Å². The number of hydrogen-bond acceptors (Lipinski definition) is 2. The quantitative estimate of drug-likeness (QED) is 0.829. The van der Waals surface area contributed by atoms with Crippen molar-refractivity contribution in [3.8, 4) is 5.75 Å². The van der Waals surface area contributed by atoms with E-state index in [9.17, 15) is 0 Å². The van der Waals surface area contributed by atoms with Gasteiger partial charge >= 0.3 is 0 Å². The minimum Gasteiger partial charge on any atom is -0.497 e. The van der Waals surface area contributed by atoms with Crippen molar-refractivity contribution in [3.05, 3.63) is 65.7 Å². The normalized spacial score (nSPS) is 30.2. The second-order valence-corrected chi connectivity index (χ2v) is 6.53. The van der Waals surface area contributed by atoms with Gasteiger partial charge in [-0.05, 0) is 36.1 Å². The lowest BCUT2D eigenvalue weighted by atomic mass is 9.72. The molecule has 22 heavy (non-hydrogen) atoms. The van der Waals surface area contributed by atoms with Gasteiger partial charge in [-0.25, -0.2) is 0 Å². The average Bonchev–Trinajstić information content (AvgIpc) is 3.15. The Morgan fingerprint density at radius 3 is 2.55 bits per heavy atom. The lowest BCUT2D eigenvalue weighted by Crippen LogP contribution is -2.30. The van der Waals surface area contributed by atoms with Crippen LogP contribution in [0.5, 0.6) is 5.75 Å². The highest BCUT2D eigenvalue weighted by molar-refractivity contribution is 5.37. The van der Waals surface area contributed by atoms with Gasteiger partial charge in [-0.2, -0.15) is 0 Å². The highest BCUT2D eigenvalue weighted by Gasteiger charge is 2.53. The number of ether oxygens (including phenoxy) is 2. The standard InChI is InChI=1S/C20H22O2/c1-21-17-11-9-16(10-12-17)20-13-5-8-18(20)19(22-14-20)15-6-3-2-4-7-15/h2-4,6-7,9-12,18-19H,5,8,13-14H2,1H3/t18-,19-,20+/m0/s1. The largest absolute Gasteiger partial charge is 0.497 e. The third-order valence-corrected chi connectivity index (χ3v) is 5.53. The van der Waals surface area contributed by atoms with E-state index in [1.807, 2.05) is 0 Å². The van der Waals surface area contributed by atoms with Crippen molar-refractivity contribution < 1.29 is 9.47 Å². The van der Waals surface area contributed by atoms with Gasteiger partial charge in [0.1, 0.15) is 5.75 Å². The maximum absolute atomic E-state index is 6.29. The second kappa shape index (κ2) is 5.44. The number of fused-ring (bicyclic) bond motifs is 1. The fraction of sp³-hybridized carbons (Fsp3) is 0.400. The van der Waals surface area contributed by atoms with Gasteiger partial charge in [-0.15, -0.1) is 0 Å². The molecule has 0 spiro atoms. The Morgan fingerprint density at radius 1 is 1.05 bits per heavy atom. The molecule has 0 aromatic heterocycles. The highest BCUT2D eigenvalue weighted by atomic mass is 16.5. The molecule has 1 aliphatic carbocycles. The van der Waals surface area contributed by atoms with Crippen molar-refractivity contribution in [2.24, 2.45) is 5.92 Å². The molecule has 4 rings (SSSR count). The molecule has 2 aromatic rings. The van der Waals surface area contributed by atoms with Crippen molar-refractivity contribution in [1.82, 2.24) is 0 Å². The Morgan fingerprint density at radius 2 is 1.82 bits per heavy atom. The fourth-order valence-corrected chi connectivity index (χ4v) is 4.41. The molecule has 2 nitrogen and oxygen atoms in total. The summed E-state index contributed by atoms with van der Waals surface area (Å²) in [6, 6.07) is 19.3. The molecule has 2 aromatic carbocycles. The monoisotopic (exact) mass is 294 g/mol. The first-order chi connectivity index (χ1) is 10.8. The van der Waals surface area contributed by atoms with E-state index in [4.69, 9.17) is 9.47 Å². The first kappa shape index (κ1) is 13.8. The number of hydrogen-bond donors (Lipinski definition) is 0. The van der Waals surface area contributed by atoms with E-state index in [0.717, 1.165) is 12.4 Å². The van der Waals surface area contributed by atoms with Crippen LogP contribution in [0.15, 0.2) is 54.6 Å². The van der Waals surface area contributed by atoms with Crippen LogP contribution in [0.4, 0.5) is 0 Å². The van der Waals surface area contributed by atoms with Crippen molar-refractivity contribution in [3.63, 3.8) is 0 Å². The van der Waals surface area contributed by atoms with E-state index in [0.29, 0.717) is 5.92 Å². The van der Waals surface area contributed by atoms with Crippen LogP contribution < -0.4 is 4.74 Å². The van der Waals surface area contributed by atoms with Crippen LogP contribution >= 0.6 is 0 Å². The maximum Gasteiger partial charge on any atom is 0.118 e. The number of methoxy groups -OCH3 is 1. The molecule has 0 radical (unpaired) electrons. The summed E-state index contributed by atoms with van der Waals surface area (Å²) in [6.07, 6.45) is 4.02. The Balaban J connectivity index is 1.69. The van der Waals surface area contributed by atoms with E-state index in [1.54, 1.807) is 7.11 Å². The number of benzene rings is 2. The van der Waals surface area contributed by atoms with E-state index in [2.05, 4.69) is 54.6 Å². The van der Waals surface area contributed by atoms with Gasteiger partial charge in [0.15, 0.2) is 0 Å². The maximum atomic E-state index is 6.29. The third kappa shape index (κ3) is 2.05. The molecule has 0 unspecified atom stereocenters. The Labute approximate surface area is 132 Å². The van der Waals surface area contributed by atoms with Crippen LogP contribution in [0.25, 0.3) is 0 Å². The molecule has 0 N–H and O–H groups in total. The van der Waals surface area contributed by atoms with E-state index in [-0.39, 0.29) is 11.5 Å². The zero-order valence-electron chi connectivity index (χ0n) is 13.0. The molecule has 114 valence electrons. The van der Waals surface area contributed by atoms with E-state index in [1.165, 1.54) is 30.4 Å². The summed E-state index contributed by atoms with van der Waals surface area (Å²) >= 11 is 0. The van der Waals surface area contributed by atoms with Gasteiger partial charge in [0.25, 0.3) is 0 Å². The summed E-state index contributed by atoms with van der Waals surface area (Å²) < 4.78 is 11.6. The molecular formula is C20H22O2. The van der Waals surface area contributed by atoms with Crippen LogP contribution in [0.3, 0.4) is 0 Å². The van der Waals surface area contributed by atoms with Crippen LogP contribution in [0.2, 0.25) is 0 Å². The van der Waals surface area contributed by atoms with E-state index < -0.39 is 0 Å². The second-order valence-electron chi connectivity index (χ2n) is 6.53. The van der Waals surface area contributed by atoms with Gasteiger partial charge in [0, 0.05) is 11.3 Å². The predicted molar refractivity (Wildman–Crippen MR) is 87.1 cm³/mol. The first-order valence-corrected chi connectivity index (χ1v) is 8.14. The Kier molecular flexibility index (Phi) is 3.42. The minimum atomic E-state index is 0.187. The summed E-state index contributed by atoms with van der Waals surface area (Å²) in [6.45, 7) is 0.837. The SMILES string of the molecule is COc1ccc([C@]23CCC[C@H]2[C@H](c2ccccc2)OC3)cc1. The van der Waals surface area contributed by atoms with Crippen LogP contribution in [-0.2, 0) is 10.2 Å². The van der Waals surface area contributed by atoms with Crippen molar-refractivity contribution >= 4 is 0 Å². The summed E-state index contributed by atoms with van der Waals surface area (Å²) in [5, 5.41) is 0. The molecule has 1 aliphatic heterocycles. The lowest BCUT2D eigenvalue weighted by molar-refractivity contribution is 0.0846. The van der Waals surface area contributed by atoms with Gasteiger partial charge in [-0.1, -0.05) is 48.9 Å². The molecule has 2 heteroatoms. The molecule has 3 atom stereocenters. The minimum absolute atomic E-state index is 0.187. The Bertz CT molecular complexity index is 635. The Hall–Kier alpha value is -1.80. The summed E-state index contributed by atoms with van der Waals surface area (Å²) in [7, 11) is 1.72. The highest BCUT2D eigenvalue weighted by Crippen LogP contribution is 2.57. The van der Waals surface area contributed by atoms with Gasteiger partial charge in [0.05, 0.1) is 19.8 Å². The topological polar surface area (TPSA) is 18.5 Å². The molecule has 0 amide bonds. The zero-order valence-corrected chi connectivity index (χ0v) is 13.0. The predicted octanol–water partition coefficient (Wildman–Crippen LogP) is 4.50. The average molecular weight is 294 g/mol. The van der Waals surface area contributed by atoms with Crippen molar-refractivity contribution in [2.75, 3.05) is 13.7 Å². The first-order valence-electron chi connectivity index (χ1n) is 8.14. The molecule has 1 heterocycles. The fourth-order valence-electron chi connectivity index (χ4n) is 4.41. The van der Waals surface area contributed by atoms with Gasteiger partial charge in [0.2, 0.25) is 0 Å². The molecule has 1 saturated heterocycles. The molecule has 1 saturated carbocycles. The van der Waals surface area contributed by atoms with Crippen LogP contribution in [-0.4, -0.2) is 13.7 Å². The zero-order chi connectivity index (χ0) is 15.0. The van der Waals surface area contributed by atoms with Gasteiger partial charge < -0.3 is 9.47 Å². The summed E-state index contributed by atoms with van der Waals surface area (Å²) in [5.41, 5.74) is 2.92. The molecule has 0 bridgehead atoms. The van der Waals surface area contributed by atoms with E-state index >= 15 is 0 Å². The van der Waals surface area contributed by atoms with Crippen molar-refractivity contribution in [2.45, 2.75) is 30.8 Å². The summed E-state index contributed by atoms with van der Waals surface area (Å²) in [4.78, 5) is 0. The molecule has 2 fully saturated rings. The number of rotatable bonds is 3. The molecular weight excluding hydrogens is 272 g/mol. The summed E-state index contributed by atoms with van der Waals surface area (Å²) in [5.74, 6) is 1.51. The van der Waals surface area contributed by atoms with Crippen molar-refractivity contribution in [1.29, 1.82) is 0 Å². The van der Waals surface area contributed by atoms with Crippen LogP contribution in [0, 0.1) is 5.92 Å². The smallest absolute Gasteiger partial charge is 0.118 e. The lowest BCUT2D eigenvalue weighted by Gasteiger charge is -2.29. The third-order valence-electron chi connectivity index (χ3n) is 5.53.